The number of hydrogen-bond donors (Lipinski definition) is 0. The van der Waals surface area contributed by atoms with Gasteiger partial charge in [0, 0.05) is 50.3 Å². The Morgan fingerprint density at radius 1 is 1.32 bits per heavy atom. The lowest BCUT2D eigenvalue weighted by molar-refractivity contribution is 0.0705. The van der Waals surface area contributed by atoms with Crippen molar-refractivity contribution in [2.24, 2.45) is 13.0 Å². The van der Waals surface area contributed by atoms with Gasteiger partial charge in [0.15, 0.2) is 5.65 Å². The Hall–Kier alpha value is -3.16. The highest BCUT2D eigenvalue weighted by molar-refractivity contribution is 5.95. The zero-order valence-electron chi connectivity index (χ0n) is 18.3. The number of hydrogen-bond acceptors (Lipinski definition) is 5. The molecule has 2 unspecified atom stereocenters. The molecular weight excluding hydrogens is 392 g/mol. The summed E-state index contributed by atoms with van der Waals surface area (Å²) in [6.07, 6.45) is 7.89. The molecule has 3 aromatic heterocycles. The quantitative estimate of drug-likeness (QED) is 0.634. The molecule has 1 saturated carbocycles. The molecule has 1 aliphatic carbocycles. The van der Waals surface area contributed by atoms with Crippen molar-refractivity contribution in [1.82, 2.24) is 24.1 Å². The largest absolute Gasteiger partial charge is 0.350 e. The third-order valence-corrected chi connectivity index (χ3v) is 6.49. The van der Waals surface area contributed by atoms with Crippen LogP contribution >= 0.6 is 0 Å². The lowest BCUT2D eigenvalue weighted by Gasteiger charge is -2.28. The van der Waals surface area contributed by atoms with Crippen LogP contribution in [0.25, 0.3) is 5.65 Å². The summed E-state index contributed by atoms with van der Waals surface area (Å²) in [5, 5.41) is 4.30. The third kappa shape index (κ3) is 3.40. The van der Waals surface area contributed by atoms with E-state index >= 15 is 0 Å². The fourth-order valence-electron chi connectivity index (χ4n) is 4.82. The number of fused-ring (bicyclic) bond motifs is 2. The van der Waals surface area contributed by atoms with Gasteiger partial charge in [0.2, 0.25) is 0 Å². The molecule has 1 saturated heterocycles. The SMILES string of the molecule is CCCN(c1ccn2c(=O)n(C)nc2c1)c1ncc(C(=O)N2CCCC3CC32)cc1C. The van der Waals surface area contributed by atoms with Crippen molar-refractivity contribution < 1.29 is 4.79 Å². The van der Waals surface area contributed by atoms with E-state index in [1.54, 1.807) is 19.4 Å². The minimum absolute atomic E-state index is 0.102. The Labute approximate surface area is 181 Å². The van der Waals surface area contributed by atoms with Crippen LogP contribution in [0.2, 0.25) is 0 Å². The van der Waals surface area contributed by atoms with Gasteiger partial charge >= 0.3 is 5.69 Å². The van der Waals surface area contributed by atoms with Crippen LogP contribution in [0.3, 0.4) is 0 Å². The molecule has 1 aliphatic heterocycles. The van der Waals surface area contributed by atoms with Gasteiger partial charge < -0.3 is 9.80 Å². The van der Waals surface area contributed by atoms with E-state index < -0.39 is 0 Å². The maximum atomic E-state index is 13.1. The van der Waals surface area contributed by atoms with Crippen LogP contribution < -0.4 is 10.6 Å². The predicted molar refractivity (Wildman–Crippen MR) is 119 cm³/mol. The van der Waals surface area contributed by atoms with Crippen molar-refractivity contribution >= 4 is 23.1 Å². The summed E-state index contributed by atoms with van der Waals surface area (Å²) in [4.78, 5) is 34.1. The molecule has 4 heterocycles. The van der Waals surface area contributed by atoms with Gasteiger partial charge in [0.1, 0.15) is 5.82 Å². The molecule has 0 aromatic carbocycles. The first-order chi connectivity index (χ1) is 15.0. The Morgan fingerprint density at radius 2 is 2.16 bits per heavy atom. The lowest BCUT2D eigenvalue weighted by atomic mass is 10.1. The van der Waals surface area contributed by atoms with E-state index in [-0.39, 0.29) is 11.6 Å². The van der Waals surface area contributed by atoms with Crippen molar-refractivity contribution in [1.29, 1.82) is 0 Å². The van der Waals surface area contributed by atoms with Crippen LogP contribution in [-0.4, -0.2) is 49.1 Å². The molecule has 3 aromatic rings. The zero-order valence-corrected chi connectivity index (χ0v) is 18.3. The first-order valence-electron chi connectivity index (χ1n) is 11.1. The molecule has 8 nitrogen and oxygen atoms in total. The smallest absolute Gasteiger partial charge is 0.335 e. The number of carbonyl (C=O) groups is 1. The number of rotatable bonds is 5. The van der Waals surface area contributed by atoms with Gasteiger partial charge in [-0.15, -0.1) is 0 Å². The second-order valence-corrected chi connectivity index (χ2v) is 8.74. The minimum Gasteiger partial charge on any atom is -0.335 e. The fraction of sp³-hybridized carbons (Fsp3) is 0.478. The van der Waals surface area contributed by atoms with Crippen molar-refractivity contribution in [3.8, 4) is 0 Å². The summed E-state index contributed by atoms with van der Waals surface area (Å²) in [6.45, 7) is 5.74. The maximum Gasteiger partial charge on any atom is 0.350 e. The lowest BCUT2D eigenvalue weighted by Crippen LogP contribution is -2.37. The predicted octanol–water partition coefficient (Wildman–Crippen LogP) is 2.91. The number of amides is 1. The van der Waals surface area contributed by atoms with E-state index in [0.717, 1.165) is 49.4 Å². The highest BCUT2D eigenvalue weighted by Crippen LogP contribution is 2.43. The van der Waals surface area contributed by atoms with E-state index in [2.05, 4.69) is 16.9 Å². The van der Waals surface area contributed by atoms with E-state index in [9.17, 15) is 9.59 Å². The van der Waals surface area contributed by atoms with Crippen molar-refractivity contribution in [2.45, 2.75) is 45.6 Å². The Kier molecular flexibility index (Phi) is 4.79. The molecule has 0 radical (unpaired) electrons. The van der Waals surface area contributed by atoms with Gasteiger partial charge in [0.05, 0.1) is 5.56 Å². The summed E-state index contributed by atoms with van der Waals surface area (Å²) in [5.41, 5.74) is 2.97. The summed E-state index contributed by atoms with van der Waals surface area (Å²) in [6, 6.07) is 6.21. The van der Waals surface area contributed by atoms with Gasteiger partial charge in [-0.25, -0.2) is 14.5 Å². The Balaban J connectivity index is 1.46. The molecule has 162 valence electrons. The van der Waals surface area contributed by atoms with Gasteiger partial charge in [0.25, 0.3) is 5.91 Å². The monoisotopic (exact) mass is 420 g/mol. The first kappa shape index (κ1) is 19.8. The average Bonchev–Trinajstić information content (AvgIpc) is 3.51. The molecule has 1 amide bonds. The Bertz CT molecular complexity index is 1210. The number of carbonyl (C=O) groups excluding carboxylic acids is 1. The molecule has 2 fully saturated rings. The number of aryl methyl sites for hydroxylation is 2. The molecule has 2 aliphatic rings. The molecule has 2 atom stereocenters. The summed E-state index contributed by atoms with van der Waals surface area (Å²) in [5.74, 6) is 1.63. The van der Waals surface area contributed by atoms with Crippen molar-refractivity contribution in [3.05, 3.63) is 52.2 Å². The number of anilines is 2. The average molecular weight is 421 g/mol. The van der Waals surface area contributed by atoms with E-state index in [0.29, 0.717) is 23.2 Å². The van der Waals surface area contributed by atoms with Crippen LogP contribution in [0.4, 0.5) is 11.5 Å². The minimum atomic E-state index is -0.170. The van der Waals surface area contributed by atoms with Gasteiger partial charge in [-0.1, -0.05) is 6.92 Å². The van der Waals surface area contributed by atoms with Crippen LogP contribution in [0.5, 0.6) is 0 Å². The van der Waals surface area contributed by atoms with E-state index in [1.807, 2.05) is 30.0 Å². The van der Waals surface area contributed by atoms with Crippen molar-refractivity contribution in [2.75, 3.05) is 18.0 Å². The highest BCUT2D eigenvalue weighted by Gasteiger charge is 2.46. The highest BCUT2D eigenvalue weighted by atomic mass is 16.2. The second kappa shape index (κ2) is 7.51. The molecule has 0 spiro atoms. The zero-order chi connectivity index (χ0) is 21.7. The normalized spacial score (nSPS) is 20.0. The van der Waals surface area contributed by atoms with Crippen LogP contribution in [-0.2, 0) is 7.05 Å². The maximum absolute atomic E-state index is 13.1. The van der Waals surface area contributed by atoms with Gasteiger partial charge in [-0.2, -0.15) is 5.10 Å². The van der Waals surface area contributed by atoms with Crippen LogP contribution in [0.1, 0.15) is 48.5 Å². The standard InChI is InChI=1S/C23H28N6O2/c1-4-8-27(18-7-10-29-20(13-18)25-26(3)23(29)31)21-15(2)11-17(14-24-21)22(30)28-9-5-6-16-12-19(16)28/h7,10-11,13-14,16,19H,4-6,8-9,12H2,1-3H3. The first-order valence-corrected chi connectivity index (χ1v) is 11.1. The molecule has 8 heteroatoms. The molecule has 31 heavy (non-hydrogen) atoms. The summed E-state index contributed by atoms with van der Waals surface area (Å²) in [7, 11) is 1.65. The van der Waals surface area contributed by atoms with Crippen molar-refractivity contribution in [3.63, 3.8) is 0 Å². The number of piperidine rings is 1. The number of likely N-dealkylation sites (tertiary alicyclic amines) is 1. The van der Waals surface area contributed by atoms with Gasteiger partial charge in [-0.05, 0) is 56.2 Å². The number of aromatic nitrogens is 4. The number of nitrogens with zero attached hydrogens (tertiary/aromatic N) is 6. The Morgan fingerprint density at radius 3 is 2.94 bits per heavy atom. The van der Waals surface area contributed by atoms with E-state index in [1.165, 1.54) is 15.5 Å². The number of pyridine rings is 2. The third-order valence-electron chi connectivity index (χ3n) is 6.49. The van der Waals surface area contributed by atoms with Crippen LogP contribution in [0, 0.1) is 12.8 Å². The second-order valence-electron chi connectivity index (χ2n) is 8.74. The molecule has 0 bridgehead atoms. The molecule has 5 rings (SSSR count). The van der Waals surface area contributed by atoms with Crippen LogP contribution in [0.15, 0.2) is 35.4 Å². The fourth-order valence-corrected chi connectivity index (χ4v) is 4.82. The van der Waals surface area contributed by atoms with Gasteiger partial charge in [-0.3, -0.25) is 9.20 Å². The molecular formula is C23H28N6O2. The molecule has 0 N–H and O–H groups in total. The van der Waals surface area contributed by atoms with E-state index in [4.69, 9.17) is 4.98 Å². The summed E-state index contributed by atoms with van der Waals surface area (Å²) < 4.78 is 2.86. The summed E-state index contributed by atoms with van der Waals surface area (Å²) >= 11 is 0. The topological polar surface area (TPSA) is 75.7 Å².